The predicted molar refractivity (Wildman–Crippen MR) is 181 cm³/mol. The van der Waals surface area contributed by atoms with E-state index in [0.29, 0.717) is 11.8 Å². The summed E-state index contributed by atoms with van der Waals surface area (Å²) in [6.45, 7) is 16.0. The van der Waals surface area contributed by atoms with Crippen molar-refractivity contribution >= 4 is 23.8 Å². The lowest BCUT2D eigenvalue weighted by Crippen LogP contribution is -2.41. The number of ether oxygens (including phenoxy) is 1. The Morgan fingerprint density at radius 2 is 1.81 bits per heavy atom. The van der Waals surface area contributed by atoms with Gasteiger partial charge in [0.2, 0.25) is 0 Å². The van der Waals surface area contributed by atoms with Gasteiger partial charge in [-0.05, 0) is 106 Å². The molecule has 7 heteroatoms. The van der Waals surface area contributed by atoms with Gasteiger partial charge in [-0.2, -0.15) is 0 Å². The molecule has 4 N–H and O–H groups in total. The standard InChI is InChI=1S/C31H46ClN3O2.C2H5N.C2H6/c1-24(2)22-30(25-15-19-35(20-16-25)31(36)37-28-11-7-4-8-12-28)29-14-13-27(32)23-26(29)10-6-5-9-18-34(3)21-17-33;1-2-3;1-2/h6,10,13-14,17,21,23,25,28,30H,1,4-5,7-9,11-12,15-16,18-20,22,33H2,2-3H3;2H,1,3H2;1-2H3/b10-6+,21-17-;;. The number of rotatable bonds is 11. The predicted octanol–water partition coefficient (Wildman–Crippen LogP) is 8.84. The first kappa shape index (κ1) is 37.2. The Morgan fingerprint density at radius 3 is 2.40 bits per heavy atom. The van der Waals surface area contributed by atoms with Crippen LogP contribution in [0.1, 0.15) is 102 Å². The molecule has 0 bridgehead atoms. The smallest absolute Gasteiger partial charge is 0.410 e. The number of nitrogens with zero attached hydrogens (tertiary/aromatic N) is 2. The maximum Gasteiger partial charge on any atom is 0.410 e. The Labute approximate surface area is 261 Å². The summed E-state index contributed by atoms with van der Waals surface area (Å²) in [5.41, 5.74) is 13.8. The second-order valence-electron chi connectivity index (χ2n) is 11.1. The van der Waals surface area contributed by atoms with Crippen LogP contribution in [0, 0.1) is 5.92 Å². The minimum absolute atomic E-state index is 0.107. The van der Waals surface area contributed by atoms with E-state index in [4.69, 9.17) is 22.1 Å². The van der Waals surface area contributed by atoms with Gasteiger partial charge in [0.05, 0.1) is 0 Å². The number of carbonyl (C=O) groups is 1. The topological polar surface area (TPSA) is 84.8 Å². The summed E-state index contributed by atoms with van der Waals surface area (Å²) in [6, 6.07) is 6.28. The Kier molecular flexibility index (Phi) is 19.3. The summed E-state index contributed by atoms with van der Waals surface area (Å²) >= 11 is 6.43. The Bertz CT molecular complexity index is 979. The van der Waals surface area contributed by atoms with E-state index in [0.717, 1.165) is 69.6 Å². The quantitative estimate of drug-likeness (QED) is 0.196. The highest BCUT2D eigenvalue weighted by Gasteiger charge is 2.32. The number of carbonyl (C=O) groups excluding carboxylic acids is 1. The van der Waals surface area contributed by atoms with E-state index in [-0.39, 0.29) is 12.2 Å². The van der Waals surface area contributed by atoms with Crippen LogP contribution in [0.15, 0.2) is 61.6 Å². The molecule has 2 aliphatic rings. The summed E-state index contributed by atoms with van der Waals surface area (Å²) < 4.78 is 5.84. The van der Waals surface area contributed by atoms with Crippen molar-refractivity contribution in [1.82, 2.24) is 9.80 Å². The van der Waals surface area contributed by atoms with Crippen LogP contribution in [-0.4, -0.2) is 48.7 Å². The molecule has 1 amide bonds. The molecule has 2 fully saturated rings. The molecule has 1 atom stereocenters. The average molecular weight is 601 g/mol. The minimum atomic E-state index is -0.121. The van der Waals surface area contributed by atoms with Crippen LogP contribution in [0.5, 0.6) is 0 Å². The highest BCUT2D eigenvalue weighted by Crippen LogP contribution is 2.40. The Morgan fingerprint density at radius 1 is 1.17 bits per heavy atom. The SMILES string of the molecule is C=C(C)CC(c1ccc(Cl)cc1/C=C/CCCN(C)/C=C\N)C1CCN(C(=O)OC2CCCCC2)CC1.C=CN.CC. The van der Waals surface area contributed by atoms with Gasteiger partial charge in [0.1, 0.15) is 6.10 Å². The van der Waals surface area contributed by atoms with Crippen molar-refractivity contribution in [3.63, 3.8) is 0 Å². The van der Waals surface area contributed by atoms with Crippen molar-refractivity contribution < 1.29 is 9.53 Å². The summed E-state index contributed by atoms with van der Waals surface area (Å²) in [7, 11) is 2.03. The molecule has 42 heavy (non-hydrogen) atoms. The van der Waals surface area contributed by atoms with Crippen LogP contribution in [0.25, 0.3) is 6.08 Å². The van der Waals surface area contributed by atoms with Gasteiger partial charge in [-0.25, -0.2) is 4.79 Å². The highest BCUT2D eigenvalue weighted by atomic mass is 35.5. The second kappa shape index (κ2) is 21.8. The van der Waals surface area contributed by atoms with E-state index < -0.39 is 0 Å². The third-order valence-corrected chi connectivity index (χ3v) is 7.96. The second-order valence-corrected chi connectivity index (χ2v) is 11.5. The summed E-state index contributed by atoms with van der Waals surface area (Å²) in [5.74, 6) is 0.840. The molecule has 1 aromatic rings. The fourth-order valence-electron chi connectivity index (χ4n) is 5.71. The zero-order chi connectivity index (χ0) is 31.3. The van der Waals surface area contributed by atoms with Crippen molar-refractivity contribution in [3.8, 4) is 0 Å². The first-order chi connectivity index (χ1) is 20.3. The molecule has 236 valence electrons. The number of hydrogen-bond donors (Lipinski definition) is 2. The fourth-order valence-corrected chi connectivity index (χ4v) is 5.89. The molecule has 6 nitrogen and oxygen atoms in total. The Hall–Kier alpha value is -2.86. The maximum absolute atomic E-state index is 12.8. The van der Waals surface area contributed by atoms with Gasteiger partial charge in [-0.3, -0.25) is 0 Å². The van der Waals surface area contributed by atoms with Crippen LogP contribution >= 0.6 is 11.6 Å². The molecule has 0 spiro atoms. The van der Waals surface area contributed by atoms with Crippen molar-refractivity contribution in [3.05, 3.63) is 77.8 Å². The van der Waals surface area contributed by atoms with E-state index in [9.17, 15) is 4.79 Å². The number of nitrogens with two attached hydrogens (primary N) is 2. The van der Waals surface area contributed by atoms with Gasteiger partial charge in [0.15, 0.2) is 0 Å². The summed E-state index contributed by atoms with van der Waals surface area (Å²) in [4.78, 5) is 16.8. The molecule has 1 aromatic carbocycles. The molecule has 3 rings (SSSR count). The van der Waals surface area contributed by atoms with Gasteiger partial charge < -0.3 is 26.0 Å². The van der Waals surface area contributed by atoms with Crippen LogP contribution in [0.4, 0.5) is 4.79 Å². The zero-order valence-electron chi connectivity index (χ0n) is 26.7. The minimum Gasteiger partial charge on any atom is -0.446 e. The van der Waals surface area contributed by atoms with Gasteiger partial charge in [0.25, 0.3) is 0 Å². The van der Waals surface area contributed by atoms with Crippen LogP contribution in [-0.2, 0) is 4.74 Å². The Balaban J connectivity index is 0.00000165. The first-order valence-electron chi connectivity index (χ1n) is 15.8. The molecule has 1 heterocycles. The lowest BCUT2D eigenvalue weighted by atomic mass is 9.75. The lowest BCUT2D eigenvalue weighted by Gasteiger charge is -2.37. The number of halogens is 1. The van der Waals surface area contributed by atoms with E-state index in [1.165, 1.54) is 42.2 Å². The van der Waals surface area contributed by atoms with E-state index >= 15 is 0 Å². The largest absolute Gasteiger partial charge is 0.446 e. The van der Waals surface area contributed by atoms with E-state index in [2.05, 4.69) is 55.0 Å². The molecular formula is C35H57ClN4O2. The number of likely N-dealkylation sites (tertiary alicyclic amines) is 1. The zero-order valence-corrected chi connectivity index (χ0v) is 27.5. The highest BCUT2D eigenvalue weighted by molar-refractivity contribution is 6.30. The number of unbranched alkanes of at least 4 members (excludes halogenated alkanes) is 1. The number of piperidine rings is 1. The van der Waals surface area contributed by atoms with Crippen molar-refractivity contribution in [1.29, 1.82) is 0 Å². The molecule has 1 saturated heterocycles. The van der Waals surface area contributed by atoms with Crippen molar-refractivity contribution in [2.24, 2.45) is 17.4 Å². The molecule has 1 aliphatic carbocycles. The first-order valence-corrected chi connectivity index (χ1v) is 16.1. The number of allylic oxidation sites excluding steroid dienone is 2. The summed E-state index contributed by atoms with van der Waals surface area (Å²) in [6.07, 6.45) is 19.7. The van der Waals surface area contributed by atoms with Gasteiger partial charge in [0, 0.05) is 44.1 Å². The number of benzene rings is 1. The molecule has 1 saturated carbocycles. The van der Waals surface area contributed by atoms with Gasteiger partial charge >= 0.3 is 6.09 Å². The van der Waals surface area contributed by atoms with E-state index in [1.54, 1.807) is 6.20 Å². The van der Waals surface area contributed by atoms with Crippen LogP contribution in [0.2, 0.25) is 5.02 Å². The number of amides is 1. The monoisotopic (exact) mass is 600 g/mol. The average Bonchev–Trinajstić information content (AvgIpc) is 2.98. The molecule has 0 radical (unpaired) electrons. The fraction of sp³-hybridized carbons (Fsp3) is 0.571. The molecular weight excluding hydrogens is 544 g/mol. The molecule has 0 aromatic heterocycles. The third kappa shape index (κ3) is 13.9. The van der Waals surface area contributed by atoms with Crippen molar-refractivity contribution in [2.75, 3.05) is 26.7 Å². The normalized spacial score (nSPS) is 16.6. The summed E-state index contributed by atoms with van der Waals surface area (Å²) in [5, 5.41) is 0.755. The van der Waals surface area contributed by atoms with E-state index in [1.807, 2.05) is 38.1 Å². The third-order valence-electron chi connectivity index (χ3n) is 7.72. The van der Waals surface area contributed by atoms with Crippen LogP contribution in [0.3, 0.4) is 0 Å². The molecule has 1 aliphatic heterocycles. The lowest BCUT2D eigenvalue weighted by molar-refractivity contribution is 0.0366. The maximum atomic E-state index is 12.8. The van der Waals surface area contributed by atoms with Crippen molar-refractivity contribution in [2.45, 2.75) is 97.0 Å². The number of hydrogen-bond acceptors (Lipinski definition) is 5. The van der Waals surface area contributed by atoms with Crippen LogP contribution < -0.4 is 11.5 Å². The van der Waals surface area contributed by atoms with Gasteiger partial charge in [-0.1, -0.05) is 62.2 Å². The van der Waals surface area contributed by atoms with Gasteiger partial charge in [-0.15, -0.1) is 6.58 Å². The molecule has 1 unspecified atom stereocenters.